The molecule has 25 heavy (non-hydrogen) atoms. The van der Waals surface area contributed by atoms with Crippen molar-refractivity contribution in [2.45, 2.75) is 18.8 Å². The lowest BCUT2D eigenvalue weighted by Crippen LogP contribution is -2.29. The molecule has 2 aromatic carbocycles. The van der Waals surface area contributed by atoms with E-state index in [1.165, 1.54) is 11.1 Å². The molecule has 4 rings (SSSR count). The van der Waals surface area contributed by atoms with Crippen LogP contribution >= 0.6 is 11.6 Å². The van der Waals surface area contributed by atoms with Gasteiger partial charge < -0.3 is 10.6 Å². The summed E-state index contributed by atoms with van der Waals surface area (Å²) in [6, 6.07) is 14.4. The molecule has 0 aliphatic carbocycles. The normalized spacial score (nSPS) is 18.4. The Morgan fingerprint density at radius 2 is 1.88 bits per heavy atom. The standard InChI is InChI=1S/C20H22ClN3O/c21-16-3-1-2-15(12-16)18-5-4-17(24-11-10-23-20(24)25)13-19(18)14-6-8-22-9-7-14/h1-5,12-14,22H,6-11H2,(H,23,25). The highest BCUT2D eigenvalue weighted by Crippen LogP contribution is 2.37. The van der Waals surface area contributed by atoms with Gasteiger partial charge in [-0.2, -0.15) is 0 Å². The first-order valence-electron chi connectivity index (χ1n) is 8.88. The van der Waals surface area contributed by atoms with Crippen molar-refractivity contribution in [3.05, 3.63) is 53.1 Å². The third-order valence-corrected chi connectivity index (χ3v) is 5.35. The monoisotopic (exact) mass is 355 g/mol. The minimum Gasteiger partial charge on any atom is -0.336 e. The molecule has 4 nitrogen and oxygen atoms in total. The fourth-order valence-electron chi connectivity index (χ4n) is 3.83. The maximum absolute atomic E-state index is 12.0. The SMILES string of the molecule is O=C1NCCN1c1ccc(-c2cccc(Cl)c2)c(C2CCNCC2)c1. The van der Waals surface area contributed by atoms with Gasteiger partial charge >= 0.3 is 6.03 Å². The van der Waals surface area contributed by atoms with Gasteiger partial charge in [-0.15, -0.1) is 0 Å². The Morgan fingerprint density at radius 1 is 1.04 bits per heavy atom. The number of hydrogen-bond acceptors (Lipinski definition) is 2. The van der Waals surface area contributed by atoms with E-state index in [0.717, 1.165) is 48.7 Å². The van der Waals surface area contributed by atoms with Crippen molar-refractivity contribution in [2.75, 3.05) is 31.1 Å². The summed E-state index contributed by atoms with van der Waals surface area (Å²) in [4.78, 5) is 13.9. The van der Waals surface area contributed by atoms with E-state index in [4.69, 9.17) is 11.6 Å². The van der Waals surface area contributed by atoms with Crippen molar-refractivity contribution in [3.8, 4) is 11.1 Å². The average molecular weight is 356 g/mol. The molecule has 2 heterocycles. The van der Waals surface area contributed by atoms with Gasteiger partial charge in [-0.3, -0.25) is 4.90 Å². The van der Waals surface area contributed by atoms with Crippen LogP contribution in [0.1, 0.15) is 24.3 Å². The Balaban J connectivity index is 1.78. The summed E-state index contributed by atoms with van der Waals surface area (Å²) < 4.78 is 0. The molecule has 0 saturated carbocycles. The number of halogens is 1. The first kappa shape index (κ1) is 16.4. The summed E-state index contributed by atoms with van der Waals surface area (Å²) in [5.74, 6) is 0.501. The van der Waals surface area contributed by atoms with E-state index in [2.05, 4.69) is 28.8 Å². The fraction of sp³-hybridized carbons (Fsp3) is 0.350. The van der Waals surface area contributed by atoms with Crippen LogP contribution < -0.4 is 15.5 Å². The summed E-state index contributed by atoms with van der Waals surface area (Å²) in [5, 5.41) is 7.06. The summed E-state index contributed by atoms with van der Waals surface area (Å²) in [6.45, 7) is 3.50. The molecule has 5 heteroatoms. The second-order valence-corrected chi connectivity index (χ2v) is 7.13. The molecule has 2 amide bonds. The summed E-state index contributed by atoms with van der Waals surface area (Å²) >= 11 is 6.22. The van der Waals surface area contributed by atoms with Gasteiger partial charge in [0.1, 0.15) is 0 Å². The molecule has 0 radical (unpaired) electrons. The average Bonchev–Trinajstić information content (AvgIpc) is 3.08. The number of piperidine rings is 1. The number of urea groups is 1. The molecule has 2 aliphatic heterocycles. The molecule has 2 N–H and O–H groups in total. The Labute approximate surface area is 153 Å². The zero-order valence-electron chi connectivity index (χ0n) is 14.1. The summed E-state index contributed by atoms with van der Waals surface area (Å²) in [7, 11) is 0. The molecule has 2 fully saturated rings. The number of anilines is 1. The Morgan fingerprint density at radius 3 is 2.60 bits per heavy atom. The van der Waals surface area contributed by atoms with E-state index < -0.39 is 0 Å². The maximum Gasteiger partial charge on any atom is 0.321 e. The zero-order valence-corrected chi connectivity index (χ0v) is 14.9. The van der Waals surface area contributed by atoms with Gasteiger partial charge in [-0.1, -0.05) is 29.8 Å². The molecule has 0 bridgehead atoms. The number of rotatable bonds is 3. The maximum atomic E-state index is 12.0. The van der Waals surface area contributed by atoms with Crippen molar-refractivity contribution in [2.24, 2.45) is 0 Å². The Hall–Kier alpha value is -2.04. The quantitative estimate of drug-likeness (QED) is 0.873. The minimum atomic E-state index is -0.00762. The van der Waals surface area contributed by atoms with Gasteiger partial charge in [0.15, 0.2) is 0 Å². The molecule has 0 aromatic heterocycles. The lowest BCUT2D eigenvalue weighted by Gasteiger charge is -2.27. The number of hydrogen-bond donors (Lipinski definition) is 2. The Kier molecular flexibility index (Phi) is 4.64. The van der Waals surface area contributed by atoms with Crippen LogP contribution in [0.2, 0.25) is 5.02 Å². The highest BCUT2D eigenvalue weighted by atomic mass is 35.5. The number of nitrogens with zero attached hydrogens (tertiary/aromatic N) is 1. The van der Waals surface area contributed by atoms with Crippen molar-refractivity contribution in [1.29, 1.82) is 0 Å². The third kappa shape index (κ3) is 3.37. The van der Waals surface area contributed by atoms with E-state index in [-0.39, 0.29) is 6.03 Å². The van der Waals surface area contributed by atoms with Gasteiger partial charge in [-0.05, 0) is 72.8 Å². The van der Waals surface area contributed by atoms with Gasteiger partial charge in [0.25, 0.3) is 0 Å². The van der Waals surface area contributed by atoms with Crippen LogP contribution in [0, 0.1) is 0 Å². The Bertz CT molecular complexity index is 786. The van der Waals surface area contributed by atoms with E-state index in [9.17, 15) is 4.79 Å². The molecule has 130 valence electrons. The second kappa shape index (κ2) is 7.06. The highest BCUT2D eigenvalue weighted by Gasteiger charge is 2.24. The van der Waals surface area contributed by atoms with Crippen LogP contribution in [0.3, 0.4) is 0 Å². The lowest BCUT2D eigenvalue weighted by molar-refractivity contribution is 0.252. The molecular formula is C20H22ClN3O. The molecule has 2 aromatic rings. The molecule has 0 atom stereocenters. The molecule has 0 spiro atoms. The van der Waals surface area contributed by atoms with Crippen molar-refractivity contribution < 1.29 is 4.79 Å². The predicted octanol–water partition coefficient (Wildman–Crippen LogP) is 4.00. The topological polar surface area (TPSA) is 44.4 Å². The molecule has 0 unspecified atom stereocenters. The van der Waals surface area contributed by atoms with E-state index in [1.807, 2.05) is 29.2 Å². The van der Waals surface area contributed by atoms with Crippen molar-refractivity contribution in [1.82, 2.24) is 10.6 Å². The number of carbonyl (C=O) groups is 1. The highest BCUT2D eigenvalue weighted by molar-refractivity contribution is 6.30. The van der Waals surface area contributed by atoms with Crippen LogP contribution in [-0.2, 0) is 0 Å². The van der Waals surface area contributed by atoms with Gasteiger partial charge in [-0.25, -0.2) is 4.79 Å². The summed E-state index contributed by atoms with van der Waals surface area (Å²) in [6.07, 6.45) is 2.23. The van der Waals surface area contributed by atoms with Gasteiger partial charge in [0.2, 0.25) is 0 Å². The predicted molar refractivity (Wildman–Crippen MR) is 102 cm³/mol. The van der Waals surface area contributed by atoms with Crippen LogP contribution in [0.25, 0.3) is 11.1 Å². The summed E-state index contributed by atoms with van der Waals surface area (Å²) in [5.41, 5.74) is 4.66. The van der Waals surface area contributed by atoms with Gasteiger partial charge in [0, 0.05) is 23.8 Å². The smallest absolute Gasteiger partial charge is 0.321 e. The fourth-order valence-corrected chi connectivity index (χ4v) is 4.02. The minimum absolute atomic E-state index is 0.00762. The third-order valence-electron chi connectivity index (χ3n) is 5.12. The number of benzene rings is 2. The number of nitrogens with one attached hydrogen (secondary N) is 2. The zero-order chi connectivity index (χ0) is 17.2. The van der Waals surface area contributed by atoms with Crippen LogP contribution in [0.15, 0.2) is 42.5 Å². The van der Waals surface area contributed by atoms with Crippen LogP contribution in [0.5, 0.6) is 0 Å². The largest absolute Gasteiger partial charge is 0.336 e. The van der Waals surface area contributed by atoms with E-state index in [1.54, 1.807) is 0 Å². The van der Waals surface area contributed by atoms with Gasteiger partial charge in [0.05, 0.1) is 0 Å². The number of carbonyl (C=O) groups excluding carboxylic acids is 1. The first-order valence-corrected chi connectivity index (χ1v) is 9.26. The molecular weight excluding hydrogens is 334 g/mol. The first-order chi connectivity index (χ1) is 12.2. The van der Waals surface area contributed by atoms with E-state index >= 15 is 0 Å². The second-order valence-electron chi connectivity index (χ2n) is 6.69. The molecule has 2 aliphatic rings. The van der Waals surface area contributed by atoms with Crippen molar-refractivity contribution in [3.63, 3.8) is 0 Å². The lowest BCUT2D eigenvalue weighted by atomic mass is 9.84. The van der Waals surface area contributed by atoms with Crippen molar-refractivity contribution >= 4 is 23.3 Å². The number of amides is 2. The molecule has 2 saturated heterocycles. The van der Waals surface area contributed by atoms with Crippen LogP contribution in [0.4, 0.5) is 10.5 Å². The van der Waals surface area contributed by atoms with Crippen LogP contribution in [-0.4, -0.2) is 32.2 Å². The van der Waals surface area contributed by atoms with E-state index in [0.29, 0.717) is 12.5 Å².